The van der Waals surface area contributed by atoms with Gasteiger partial charge in [-0.25, -0.2) is 4.39 Å². The third-order valence-corrected chi connectivity index (χ3v) is 3.31. The van der Waals surface area contributed by atoms with Crippen LogP contribution in [0.1, 0.15) is 62.2 Å². The molecule has 1 N–H and O–H groups in total. The molecule has 0 bridgehead atoms. The van der Waals surface area contributed by atoms with Crippen molar-refractivity contribution in [3.8, 4) is 0 Å². The zero-order valence-corrected chi connectivity index (χ0v) is 14.6. The number of halogens is 1. The Morgan fingerprint density at radius 2 is 1.90 bits per heavy atom. The van der Waals surface area contributed by atoms with Gasteiger partial charge < -0.3 is 10.2 Å². The van der Waals surface area contributed by atoms with Crippen molar-refractivity contribution in [3.63, 3.8) is 0 Å². The van der Waals surface area contributed by atoms with Gasteiger partial charge in [-0.3, -0.25) is 0 Å². The van der Waals surface area contributed by atoms with Crippen molar-refractivity contribution in [1.29, 1.82) is 0 Å². The second-order valence-corrected chi connectivity index (χ2v) is 4.45. The number of nitrogens with zero attached hydrogens (tertiary/aromatic N) is 1. The molecule has 0 aromatic heterocycles. The van der Waals surface area contributed by atoms with Gasteiger partial charge in [0.25, 0.3) is 0 Å². The topological polar surface area (TPSA) is 15.3 Å². The molecule has 0 spiro atoms. The van der Waals surface area contributed by atoms with E-state index in [1.165, 1.54) is 0 Å². The van der Waals surface area contributed by atoms with Crippen LogP contribution >= 0.6 is 0 Å². The first-order valence-corrected chi connectivity index (χ1v) is 8.48. The van der Waals surface area contributed by atoms with Crippen LogP contribution in [-0.2, 0) is 0 Å². The first-order valence-electron chi connectivity index (χ1n) is 8.48. The Kier molecular flexibility index (Phi) is 18.2. The van der Waals surface area contributed by atoms with E-state index in [1.807, 2.05) is 34.6 Å². The van der Waals surface area contributed by atoms with E-state index in [-0.39, 0.29) is 7.47 Å². The van der Waals surface area contributed by atoms with Gasteiger partial charge >= 0.3 is 0 Å². The molecule has 1 saturated heterocycles. The van der Waals surface area contributed by atoms with Crippen molar-refractivity contribution in [2.45, 2.75) is 73.0 Å². The summed E-state index contributed by atoms with van der Waals surface area (Å²) < 4.78 is 13.4. The SMILES string of the molecule is CC.CC.CC=CCCN(CC)CCC1NCCC1F.[HH]. The number of hydrogen-bond donors (Lipinski definition) is 1. The van der Waals surface area contributed by atoms with Gasteiger partial charge in [-0.05, 0) is 45.8 Å². The van der Waals surface area contributed by atoms with Crippen LogP contribution in [0.3, 0.4) is 0 Å². The Morgan fingerprint density at radius 3 is 2.35 bits per heavy atom. The maximum Gasteiger partial charge on any atom is 0.117 e. The Hall–Kier alpha value is -0.410. The molecule has 0 aliphatic carbocycles. The third kappa shape index (κ3) is 10.4. The molecule has 2 nitrogen and oxygen atoms in total. The summed E-state index contributed by atoms with van der Waals surface area (Å²) in [6.07, 6.45) is 6.37. The largest absolute Gasteiger partial charge is 0.311 e. The smallest absolute Gasteiger partial charge is 0.117 e. The van der Waals surface area contributed by atoms with Crippen LogP contribution in [0.2, 0.25) is 0 Å². The van der Waals surface area contributed by atoms with Crippen LogP contribution in [0.25, 0.3) is 0 Å². The summed E-state index contributed by atoms with van der Waals surface area (Å²) in [5.41, 5.74) is 0. The molecule has 1 heterocycles. The van der Waals surface area contributed by atoms with E-state index in [2.05, 4.69) is 29.3 Å². The molecule has 0 saturated carbocycles. The number of hydrogen-bond acceptors (Lipinski definition) is 2. The van der Waals surface area contributed by atoms with E-state index in [1.54, 1.807) is 0 Å². The molecule has 0 aromatic rings. The van der Waals surface area contributed by atoms with E-state index in [0.29, 0.717) is 6.42 Å². The summed E-state index contributed by atoms with van der Waals surface area (Å²) in [6.45, 7) is 16.2. The zero-order chi connectivity index (χ0) is 15.8. The summed E-state index contributed by atoms with van der Waals surface area (Å²) in [6, 6.07) is 0.0933. The molecule has 1 fully saturated rings. The number of nitrogens with one attached hydrogen (secondary N) is 1. The number of rotatable bonds is 7. The summed E-state index contributed by atoms with van der Waals surface area (Å²) in [5, 5.41) is 3.24. The molecule has 0 aromatic carbocycles. The molecular weight excluding hydrogens is 251 g/mol. The predicted octanol–water partition coefficient (Wildman–Crippen LogP) is 4.66. The second kappa shape index (κ2) is 16.6. The zero-order valence-electron chi connectivity index (χ0n) is 14.6. The van der Waals surface area contributed by atoms with Gasteiger partial charge in [-0.2, -0.15) is 0 Å². The van der Waals surface area contributed by atoms with Crippen LogP contribution in [0.15, 0.2) is 12.2 Å². The van der Waals surface area contributed by atoms with E-state index in [9.17, 15) is 4.39 Å². The third-order valence-electron chi connectivity index (χ3n) is 3.31. The van der Waals surface area contributed by atoms with E-state index < -0.39 is 6.17 Å². The van der Waals surface area contributed by atoms with Crippen molar-refractivity contribution < 1.29 is 5.82 Å². The van der Waals surface area contributed by atoms with Gasteiger partial charge in [0.15, 0.2) is 0 Å². The quantitative estimate of drug-likeness (QED) is 0.686. The van der Waals surface area contributed by atoms with Crippen LogP contribution in [0.4, 0.5) is 4.39 Å². The Labute approximate surface area is 128 Å². The van der Waals surface area contributed by atoms with Crippen LogP contribution in [0.5, 0.6) is 0 Å². The second-order valence-electron chi connectivity index (χ2n) is 4.45. The van der Waals surface area contributed by atoms with E-state index >= 15 is 0 Å². The van der Waals surface area contributed by atoms with Crippen LogP contribution in [-0.4, -0.2) is 43.3 Å². The highest BCUT2D eigenvalue weighted by atomic mass is 19.1. The maximum atomic E-state index is 13.4. The molecule has 1 aliphatic rings. The van der Waals surface area contributed by atoms with Crippen LogP contribution < -0.4 is 5.32 Å². The summed E-state index contributed by atoms with van der Waals surface area (Å²) in [5.74, 6) is 0. The number of alkyl halides is 1. The van der Waals surface area contributed by atoms with Crippen molar-refractivity contribution in [2.24, 2.45) is 0 Å². The van der Waals surface area contributed by atoms with Crippen molar-refractivity contribution in [3.05, 3.63) is 12.2 Å². The molecule has 0 amide bonds. The lowest BCUT2D eigenvalue weighted by Gasteiger charge is -2.22. The molecule has 3 heteroatoms. The average molecular weight is 291 g/mol. The van der Waals surface area contributed by atoms with Gasteiger partial charge in [-0.15, -0.1) is 0 Å². The van der Waals surface area contributed by atoms with E-state index in [0.717, 1.165) is 39.0 Å². The minimum absolute atomic E-state index is 0. The highest BCUT2D eigenvalue weighted by molar-refractivity contribution is 4.84. The first-order chi connectivity index (χ1) is 9.77. The Morgan fingerprint density at radius 1 is 1.25 bits per heavy atom. The lowest BCUT2D eigenvalue weighted by atomic mass is 10.1. The fourth-order valence-corrected chi connectivity index (χ4v) is 2.19. The molecule has 2 unspecified atom stereocenters. The van der Waals surface area contributed by atoms with Gasteiger partial charge in [0.05, 0.1) is 0 Å². The Bertz CT molecular complexity index is 213. The van der Waals surface area contributed by atoms with Crippen molar-refractivity contribution in [2.75, 3.05) is 26.2 Å². The molecule has 0 radical (unpaired) electrons. The molecule has 1 aliphatic heterocycles. The fraction of sp³-hybridized carbons (Fsp3) is 0.882. The highest BCUT2D eigenvalue weighted by Crippen LogP contribution is 2.14. The first kappa shape index (κ1) is 21.9. The Balaban J connectivity index is -0.000000595. The van der Waals surface area contributed by atoms with Crippen molar-refractivity contribution in [1.82, 2.24) is 10.2 Å². The molecule has 124 valence electrons. The predicted molar refractivity (Wildman–Crippen MR) is 92.3 cm³/mol. The highest BCUT2D eigenvalue weighted by Gasteiger charge is 2.26. The maximum absolute atomic E-state index is 13.4. The summed E-state index contributed by atoms with van der Waals surface area (Å²) in [7, 11) is 0. The van der Waals surface area contributed by atoms with Gasteiger partial charge in [0, 0.05) is 14.0 Å². The van der Waals surface area contributed by atoms with Gasteiger partial charge in [-0.1, -0.05) is 46.8 Å². The lowest BCUT2D eigenvalue weighted by Crippen LogP contribution is -2.34. The molecule has 20 heavy (non-hydrogen) atoms. The van der Waals surface area contributed by atoms with Crippen LogP contribution in [0, 0.1) is 0 Å². The van der Waals surface area contributed by atoms with Gasteiger partial charge in [0.2, 0.25) is 0 Å². The molecular formula is C17H39FN2. The standard InChI is InChI=1S/C13H25FN2.2C2H6.H2/c1-3-5-6-10-16(4-2)11-8-13-12(14)7-9-15-13;2*1-2;/h3,5,12-13,15H,4,6-11H2,1-2H3;2*1-2H3;1H. The normalized spacial score (nSPS) is 21.4. The minimum atomic E-state index is -0.630. The minimum Gasteiger partial charge on any atom is -0.311 e. The number of allylic oxidation sites excluding steroid dienone is 1. The average Bonchev–Trinajstić information content (AvgIpc) is 2.92. The fourth-order valence-electron chi connectivity index (χ4n) is 2.19. The molecule has 1 rings (SSSR count). The monoisotopic (exact) mass is 290 g/mol. The van der Waals surface area contributed by atoms with Gasteiger partial charge in [0.1, 0.15) is 6.17 Å². The van der Waals surface area contributed by atoms with E-state index in [4.69, 9.17) is 0 Å². The summed E-state index contributed by atoms with van der Waals surface area (Å²) in [4.78, 5) is 2.40. The summed E-state index contributed by atoms with van der Waals surface area (Å²) >= 11 is 0. The molecule has 2 atom stereocenters. The van der Waals surface area contributed by atoms with Crippen molar-refractivity contribution >= 4 is 0 Å². The lowest BCUT2D eigenvalue weighted by molar-refractivity contribution is 0.239.